The van der Waals surface area contributed by atoms with Crippen LogP contribution < -0.4 is 9.47 Å². The molecule has 2 heterocycles. The molecule has 0 aromatic heterocycles. The lowest BCUT2D eigenvalue weighted by atomic mass is 9.97. The SMILES string of the molecule is Cc1ccccc1-c1cc2c(c(O[C@@H]3CCOC3)c1)OCCN(C(=O)c1ccccc1C(F)(F)F)C2. The number of benzene rings is 3. The third-order valence-corrected chi connectivity index (χ3v) is 6.49. The number of ether oxygens (including phenoxy) is 3. The number of amides is 1. The molecular weight excluding hydrogens is 471 g/mol. The van der Waals surface area contributed by atoms with Gasteiger partial charge in [-0.1, -0.05) is 36.4 Å². The fraction of sp³-hybridized carbons (Fsp3) is 0.321. The highest BCUT2D eigenvalue weighted by molar-refractivity contribution is 5.96. The summed E-state index contributed by atoms with van der Waals surface area (Å²) in [6, 6.07) is 16.6. The van der Waals surface area contributed by atoms with Crippen LogP contribution in [0.2, 0.25) is 0 Å². The van der Waals surface area contributed by atoms with Crippen LogP contribution in [0, 0.1) is 6.92 Å². The number of alkyl halides is 3. The van der Waals surface area contributed by atoms with Crippen LogP contribution >= 0.6 is 0 Å². The van der Waals surface area contributed by atoms with Crippen molar-refractivity contribution in [1.82, 2.24) is 4.90 Å². The Balaban J connectivity index is 1.54. The molecule has 188 valence electrons. The third kappa shape index (κ3) is 4.91. The van der Waals surface area contributed by atoms with Gasteiger partial charge in [0.2, 0.25) is 0 Å². The van der Waals surface area contributed by atoms with Crippen molar-refractivity contribution < 1.29 is 32.2 Å². The van der Waals surface area contributed by atoms with E-state index in [1.54, 1.807) is 0 Å². The van der Waals surface area contributed by atoms with Gasteiger partial charge >= 0.3 is 6.18 Å². The van der Waals surface area contributed by atoms with Crippen molar-refractivity contribution in [2.45, 2.75) is 32.2 Å². The summed E-state index contributed by atoms with van der Waals surface area (Å²) in [6.45, 7) is 3.47. The molecule has 0 spiro atoms. The number of nitrogens with zero attached hydrogens (tertiary/aromatic N) is 1. The molecule has 1 fully saturated rings. The zero-order valence-electron chi connectivity index (χ0n) is 19.8. The fourth-order valence-corrected chi connectivity index (χ4v) is 4.67. The van der Waals surface area contributed by atoms with Crippen LogP contribution in [-0.4, -0.2) is 43.3 Å². The van der Waals surface area contributed by atoms with E-state index in [9.17, 15) is 18.0 Å². The first kappa shape index (κ1) is 24.2. The molecule has 0 N–H and O–H groups in total. The predicted molar refractivity (Wildman–Crippen MR) is 128 cm³/mol. The Morgan fingerprint density at radius 2 is 1.83 bits per heavy atom. The molecular formula is C28H26F3NO4. The minimum Gasteiger partial charge on any atom is -0.487 e. The van der Waals surface area contributed by atoms with E-state index >= 15 is 0 Å². The number of carbonyl (C=O) groups excluding carboxylic acids is 1. The first-order valence-electron chi connectivity index (χ1n) is 11.9. The lowest BCUT2D eigenvalue weighted by molar-refractivity contribution is -0.138. The number of carbonyl (C=O) groups is 1. The average Bonchev–Trinajstić information content (AvgIpc) is 3.27. The van der Waals surface area contributed by atoms with Gasteiger partial charge in [0, 0.05) is 18.5 Å². The molecule has 3 aromatic carbocycles. The number of aryl methyl sites for hydroxylation is 1. The largest absolute Gasteiger partial charge is 0.487 e. The van der Waals surface area contributed by atoms with Crippen LogP contribution in [0.25, 0.3) is 11.1 Å². The van der Waals surface area contributed by atoms with Gasteiger partial charge < -0.3 is 19.1 Å². The molecule has 1 amide bonds. The van der Waals surface area contributed by atoms with Gasteiger partial charge in [-0.05, 0) is 47.9 Å². The molecule has 0 radical (unpaired) electrons. The first-order chi connectivity index (χ1) is 17.3. The zero-order chi connectivity index (χ0) is 25.3. The quantitative estimate of drug-likeness (QED) is 0.452. The van der Waals surface area contributed by atoms with Crippen molar-refractivity contribution in [3.8, 4) is 22.6 Å². The highest BCUT2D eigenvalue weighted by atomic mass is 19.4. The van der Waals surface area contributed by atoms with E-state index < -0.39 is 17.6 Å². The Kier molecular flexibility index (Phi) is 6.62. The molecule has 2 aliphatic rings. The van der Waals surface area contributed by atoms with Gasteiger partial charge in [0.25, 0.3) is 5.91 Å². The van der Waals surface area contributed by atoms with E-state index in [0.29, 0.717) is 30.3 Å². The van der Waals surface area contributed by atoms with Gasteiger partial charge in [-0.2, -0.15) is 13.2 Å². The normalized spacial score (nSPS) is 17.8. The van der Waals surface area contributed by atoms with Crippen molar-refractivity contribution in [1.29, 1.82) is 0 Å². The van der Waals surface area contributed by atoms with E-state index in [2.05, 4.69) is 0 Å². The topological polar surface area (TPSA) is 48.0 Å². The molecule has 1 saturated heterocycles. The number of fused-ring (bicyclic) bond motifs is 1. The molecule has 3 aromatic rings. The summed E-state index contributed by atoms with van der Waals surface area (Å²) in [4.78, 5) is 14.7. The summed E-state index contributed by atoms with van der Waals surface area (Å²) >= 11 is 0. The first-order valence-corrected chi connectivity index (χ1v) is 11.9. The van der Waals surface area contributed by atoms with Crippen molar-refractivity contribution in [2.75, 3.05) is 26.4 Å². The maximum absolute atomic E-state index is 13.6. The van der Waals surface area contributed by atoms with Crippen molar-refractivity contribution >= 4 is 5.91 Å². The maximum atomic E-state index is 13.6. The second-order valence-electron chi connectivity index (χ2n) is 9.00. The summed E-state index contributed by atoms with van der Waals surface area (Å²) in [7, 11) is 0. The van der Waals surface area contributed by atoms with Crippen LogP contribution in [0.15, 0.2) is 60.7 Å². The molecule has 0 aliphatic carbocycles. The number of hydrogen-bond donors (Lipinski definition) is 0. The molecule has 0 unspecified atom stereocenters. The van der Waals surface area contributed by atoms with Crippen LogP contribution in [0.5, 0.6) is 11.5 Å². The summed E-state index contributed by atoms with van der Waals surface area (Å²) in [5.41, 5.74) is 2.31. The molecule has 0 bridgehead atoms. The van der Waals surface area contributed by atoms with Crippen LogP contribution in [0.3, 0.4) is 0 Å². The molecule has 1 atom stereocenters. The Bertz CT molecular complexity index is 1270. The summed E-state index contributed by atoms with van der Waals surface area (Å²) < 4.78 is 58.6. The summed E-state index contributed by atoms with van der Waals surface area (Å²) in [6.07, 6.45) is -4.00. The van der Waals surface area contributed by atoms with Gasteiger partial charge in [0.1, 0.15) is 12.7 Å². The lowest BCUT2D eigenvalue weighted by Crippen LogP contribution is -2.33. The van der Waals surface area contributed by atoms with E-state index in [1.165, 1.54) is 23.1 Å². The van der Waals surface area contributed by atoms with Gasteiger partial charge in [-0.3, -0.25) is 4.79 Å². The minimum absolute atomic E-state index is 0.0948. The minimum atomic E-state index is -4.63. The zero-order valence-corrected chi connectivity index (χ0v) is 19.8. The highest BCUT2D eigenvalue weighted by Crippen LogP contribution is 2.41. The van der Waals surface area contributed by atoms with E-state index in [-0.39, 0.29) is 31.4 Å². The van der Waals surface area contributed by atoms with Crippen molar-refractivity contribution in [3.63, 3.8) is 0 Å². The number of rotatable bonds is 4. The van der Waals surface area contributed by atoms with Crippen LogP contribution in [0.1, 0.15) is 33.5 Å². The van der Waals surface area contributed by atoms with E-state index in [0.717, 1.165) is 29.2 Å². The predicted octanol–water partition coefficient (Wildman–Crippen LogP) is 5.88. The second kappa shape index (κ2) is 9.85. The van der Waals surface area contributed by atoms with Gasteiger partial charge in [0.05, 0.1) is 30.9 Å². The Labute approximate surface area is 207 Å². The number of halogens is 3. The molecule has 5 rings (SSSR count). The van der Waals surface area contributed by atoms with Crippen LogP contribution in [0.4, 0.5) is 13.2 Å². The van der Waals surface area contributed by atoms with Gasteiger partial charge in [-0.15, -0.1) is 0 Å². The molecule has 5 nitrogen and oxygen atoms in total. The fourth-order valence-electron chi connectivity index (χ4n) is 4.67. The van der Waals surface area contributed by atoms with Crippen molar-refractivity contribution in [2.24, 2.45) is 0 Å². The van der Waals surface area contributed by atoms with E-state index in [4.69, 9.17) is 14.2 Å². The smallest absolute Gasteiger partial charge is 0.417 e. The number of hydrogen-bond acceptors (Lipinski definition) is 4. The Hall–Kier alpha value is -3.52. The van der Waals surface area contributed by atoms with Crippen molar-refractivity contribution in [3.05, 3.63) is 82.9 Å². The maximum Gasteiger partial charge on any atom is 0.417 e. The average molecular weight is 498 g/mol. The molecule has 8 heteroatoms. The summed E-state index contributed by atoms with van der Waals surface area (Å²) in [5.74, 6) is 0.372. The Morgan fingerprint density at radius 3 is 2.58 bits per heavy atom. The van der Waals surface area contributed by atoms with Gasteiger partial charge in [-0.25, -0.2) is 0 Å². The molecule has 0 saturated carbocycles. The van der Waals surface area contributed by atoms with Crippen LogP contribution in [-0.2, 0) is 17.5 Å². The molecule has 36 heavy (non-hydrogen) atoms. The highest BCUT2D eigenvalue weighted by Gasteiger charge is 2.36. The molecule has 2 aliphatic heterocycles. The van der Waals surface area contributed by atoms with E-state index in [1.807, 2.05) is 43.3 Å². The second-order valence-corrected chi connectivity index (χ2v) is 9.00. The summed E-state index contributed by atoms with van der Waals surface area (Å²) in [5, 5.41) is 0. The third-order valence-electron chi connectivity index (χ3n) is 6.49. The monoisotopic (exact) mass is 497 g/mol. The Morgan fingerprint density at radius 1 is 1.06 bits per heavy atom. The van der Waals surface area contributed by atoms with Gasteiger partial charge in [0.15, 0.2) is 11.5 Å². The standard InChI is InChI=1S/C28H26F3NO4/c1-18-6-2-3-7-22(18)19-14-20-16-32(27(33)23-8-4-5-9-24(23)28(29,30)31)11-13-35-26(20)25(15-19)36-21-10-12-34-17-21/h2-9,14-15,21H,10-13,16-17H2,1H3/t21-/m1/s1. The lowest BCUT2D eigenvalue weighted by Gasteiger charge is -2.23.